The van der Waals surface area contributed by atoms with Crippen LogP contribution in [-0.2, 0) is 16.0 Å². The second-order valence-corrected chi connectivity index (χ2v) is 5.71. The molecule has 1 amide bonds. The molecular weight excluding hydrogens is 314 g/mol. The van der Waals surface area contributed by atoms with Crippen molar-refractivity contribution in [2.45, 2.75) is 25.3 Å². The molecule has 1 atom stereocenters. The first-order valence-electron chi connectivity index (χ1n) is 7.62. The van der Waals surface area contributed by atoms with Gasteiger partial charge in [-0.05, 0) is 30.5 Å². The van der Waals surface area contributed by atoms with Gasteiger partial charge in [0.25, 0.3) is 0 Å². The topological polar surface area (TPSA) is 97.0 Å². The summed E-state index contributed by atoms with van der Waals surface area (Å²) < 4.78 is 10.3. The lowest BCUT2D eigenvalue weighted by Crippen LogP contribution is -2.41. The van der Waals surface area contributed by atoms with E-state index in [4.69, 9.17) is 9.15 Å². The lowest BCUT2D eigenvalue weighted by atomic mass is 10.1. The van der Waals surface area contributed by atoms with Gasteiger partial charge in [-0.15, -0.1) is 0 Å². The molecule has 126 valence electrons. The summed E-state index contributed by atoms with van der Waals surface area (Å²) in [6.07, 6.45) is 1.08. The summed E-state index contributed by atoms with van der Waals surface area (Å²) in [5.74, 6) is -0.759. The Hall–Kier alpha value is -2.83. The number of likely N-dealkylation sites (tertiary alicyclic amines) is 1. The molecule has 1 aliphatic heterocycles. The van der Waals surface area contributed by atoms with Crippen molar-refractivity contribution in [1.82, 2.24) is 4.90 Å². The van der Waals surface area contributed by atoms with Gasteiger partial charge >= 0.3 is 11.6 Å². The summed E-state index contributed by atoms with van der Waals surface area (Å²) >= 11 is 0. The second-order valence-electron chi connectivity index (χ2n) is 5.71. The minimum atomic E-state index is -0.997. The number of carbonyl (C=O) groups excluding carboxylic acids is 1. The second kappa shape index (κ2) is 6.35. The van der Waals surface area contributed by atoms with Crippen molar-refractivity contribution in [3.8, 4) is 5.75 Å². The zero-order valence-corrected chi connectivity index (χ0v) is 13.2. The van der Waals surface area contributed by atoms with Gasteiger partial charge in [-0.25, -0.2) is 9.59 Å². The van der Waals surface area contributed by atoms with Crippen LogP contribution in [0.15, 0.2) is 33.5 Å². The number of carboxylic acids is 1. The Labute approximate surface area is 137 Å². The van der Waals surface area contributed by atoms with Crippen LogP contribution < -0.4 is 10.4 Å². The van der Waals surface area contributed by atoms with Crippen LogP contribution >= 0.6 is 0 Å². The van der Waals surface area contributed by atoms with Gasteiger partial charge in [0.2, 0.25) is 5.91 Å². The van der Waals surface area contributed by atoms with Crippen molar-refractivity contribution in [2.24, 2.45) is 0 Å². The van der Waals surface area contributed by atoms with E-state index >= 15 is 0 Å². The molecule has 3 rings (SSSR count). The molecule has 1 N–H and O–H groups in total. The van der Waals surface area contributed by atoms with Crippen LogP contribution in [0.4, 0.5) is 0 Å². The zero-order chi connectivity index (χ0) is 17.3. The van der Waals surface area contributed by atoms with Gasteiger partial charge in [0.15, 0.2) is 0 Å². The van der Waals surface area contributed by atoms with E-state index in [0.29, 0.717) is 41.7 Å². The van der Waals surface area contributed by atoms with Crippen LogP contribution in [0.25, 0.3) is 11.0 Å². The fourth-order valence-electron chi connectivity index (χ4n) is 3.07. The van der Waals surface area contributed by atoms with Crippen molar-refractivity contribution in [2.75, 3.05) is 13.7 Å². The van der Waals surface area contributed by atoms with E-state index in [1.54, 1.807) is 18.2 Å². The highest BCUT2D eigenvalue weighted by molar-refractivity contribution is 5.90. The van der Waals surface area contributed by atoms with E-state index in [0.717, 1.165) is 0 Å². The third-order valence-electron chi connectivity index (χ3n) is 4.24. The molecular formula is C17H17NO6. The van der Waals surface area contributed by atoms with Gasteiger partial charge in [-0.2, -0.15) is 0 Å². The Morgan fingerprint density at radius 3 is 2.88 bits per heavy atom. The van der Waals surface area contributed by atoms with Gasteiger partial charge in [-0.1, -0.05) is 0 Å². The summed E-state index contributed by atoms with van der Waals surface area (Å²) in [5, 5.41) is 9.83. The monoisotopic (exact) mass is 331 g/mol. The van der Waals surface area contributed by atoms with Crippen LogP contribution in [0.2, 0.25) is 0 Å². The molecule has 1 aromatic heterocycles. The van der Waals surface area contributed by atoms with Gasteiger partial charge in [0, 0.05) is 24.1 Å². The average molecular weight is 331 g/mol. The predicted octanol–water partition coefficient (Wildman–Crippen LogP) is 1.42. The number of fused-ring (bicyclic) bond motifs is 1. The van der Waals surface area contributed by atoms with Crippen LogP contribution in [-0.4, -0.2) is 41.6 Å². The number of carboxylic acid groups (broad SMARTS) is 1. The molecule has 7 nitrogen and oxygen atoms in total. The highest BCUT2D eigenvalue weighted by Gasteiger charge is 2.33. The first kappa shape index (κ1) is 16.0. The number of rotatable bonds is 4. The van der Waals surface area contributed by atoms with E-state index in [-0.39, 0.29) is 12.3 Å². The standard InChI is InChI=1S/C17H17NO6/c1-23-11-4-5-12-10(8-16(20)24-14(12)9-11)7-15(19)18-6-2-3-13(18)17(21)22/h4-5,8-9,13H,2-3,6-7H2,1H3,(H,21,22)/t13-/m1/s1. The first-order chi connectivity index (χ1) is 11.5. The number of hydrogen-bond donors (Lipinski definition) is 1. The van der Waals surface area contributed by atoms with E-state index < -0.39 is 17.6 Å². The number of nitrogens with zero attached hydrogens (tertiary/aromatic N) is 1. The van der Waals surface area contributed by atoms with Gasteiger partial charge in [-0.3, -0.25) is 4.79 Å². The van der Waals surface area contributed by atoms with Crippen molar-refractivity contribution < 1.29 is 23.8 Å². The third-order valence-corrected chi connectivity index (χ3v) is 4.24. The molecule has 0 aliphatic carbocycles. The number of carbonyl (C=O) groups is 2. The summed E-state index contributed by atoms with van der Waals surface area (Å²) in [6.45, 7) is 0.420. The summed E-state index contributed by atoms with van der Waals surface area (Å²) in [4.78, 5) is 36.9. The molecule has 1 saturated heterocycles. The number of amides is 1. The van der Waals surface area contributed by atoms with E-state index in [1.165, 1.54) is 18.1 Å². The predicted molar refractivity (Wildman–Crippen MR) is 85.1 cm³/mol. The highest BCUT2D eigenvalue weighted by Crippen LogP contribution is 2.24. The number of benzene rings is 1. The Balaban J connectivity index is 1.93. The minimum Gasteiger partial charge on any atom is -0.497 e. The molecule has 1 aromatic carbocycles. The third kappa shape index (κ3) is 2.97. The normalized spacial score (nSPS) is 17.2. The first-order valence-corrected chi connectivity index (χ1v) is 7.62. The van der Waals surface area contributed by atoms with Crippen molar-refractivity contribution in [3.63, 3.8) is 0 Å². The maximum Gasteiger partial charge on any atom is 0.336 e. The Bertz CT molecular complexity index is 856. The average Bonchev–Trinajstić information content (AvgIpc) is 3.04. The molecule has 24 heavy (non-hydrogen) atoms. The van der Waals surface area contributed by atoms with Crippen LogP contribution in [0.5, 0.6) is 5.75 Å². The van der Waals surface area contributed by atoms with E-state index in [2.05, 4.69) is 0 Å². The lowest BCUT2D eigenvalue weighted by molar-refractivity contribution is -0.147. The maximum absolute atomic E-state index is 12.5. The van der Waals surface area contributed by atoms with E-state index in [1.807, 2.05) is 0 Å². The fourth-order valence-corrected chi connectivity index (χ4v) is 3.07. The molecule has 0 bridgehead atoms. The molecule has 7 heteroatoms. The van der Waals surface area contributed by atoms with Crippen molar-refractivity contribution >= 4 is 22.8 Å². The molecule has 0 spiro atoms. The van der Waals surface area contributed by atoms with E-state index in [9.17, 15) is 19.5 Å². The number of ether oxygens (including phenoxy) is 1. The summed E-state index contributed by atoms with van der Waals surface area (Å²) in [5.41, 5.74) is 0.292. The SMILES string of the molecule is COc1ccc2c(CC(=O)N3CCC[C@@H]3C(=O)O)cc(=O)oc2c1. The van der Waals surface area contributed by atoms with Gasteiger partial charge in [0.05, 0.1) is 13.5 Å². The van der Waals surface area contributed by atoms with Gasteiger partial charge in [0.1, 0.15) is 17.4 Å². The minimum absolute atomic E-state index is 0.0434. The zero-order valence-electron chi connectivity index (χ0n) is 13.2. The maximum atomic E-state index is 12.5. The molecule has 0 radical (unpaired) electrons. The highest BCUT2D eigenvalue weighted by atomic mass is 16.5. The van der Waals surface area contributed by atoms with Crippen molar-refractivity contribution in [1.29, 1.82) is 0 Å². The number of methoxy groups -OCH3 is 1. The number of hydrogen-bond acceptors (Lipinski definition) is 5. The Morgan fingerprint density at radius 2 is 2.17 bits per heavy atom. The van der Waals surface area contributed by atoms with Crippen LogP contribution in [0.3, 0.4) is 0 Å². The number of aliphatic carboxylic acids is 1. The van der Waals surface area contributed by atoms with Crippen molar-refractivity contribution in [3.05, 3.63) is 40.2 Å². The molecule has 2 aromatic rings. The van der Waals surface area contributed by atoms with Crippen LogP contribution in [0.1, 0.15) is 18.4 Å². The molecule has 0 saturated carbocycles. The molecule has 1 fully saturated rings. The summed E-state index contributed by atoms with van der Waals surface area (Å²) in [6, 6.07) is 5.51. The molecule has 2 heterocycles. The molecule has 1 aliphatic rings. The Morgan fingerprint density at radius 1 is 1.38 bits per heavy atom. The smallest absolute Gasteiger partial charge is 0.336 e. The fraction of sp³-hybridized carbons (Fsp3) is 0.353. The van der Waals surface area contributed by atoms with Gasteiger partial charge < -0.3 is 19.2 Å². The molecule has 0 unspecified atom stereocenters. The lowest BCUT2D eigenvalue weighted by Gasteiger charge is -2.21. The largest absolute Gasteiger partial charge is 0.497 e. The Kier molecular flexibility index (Phi) is 4.24. The quantitative estimate of drug-likeness (QED) is 0.851. The summed E-state index contributed by atoms with van der Waals surface area (Å²) in [7, 11) is 1.51. The van der Waals surface area contributed by atoms with Crippen LogP contribution in [0, 0.1) is 0 Å².